The molecule has 5 heteroatoms. The highest BCUT2D eigenvalue weighted by Crippen LogP contribution is 2.30. The maximum absolute atomic E-state index is 11.8. The van der Waals surface area contributed by atoms with Crippen molar-refractivity contribution in [2.45, 2.75) is 23.8 Å². The molecule has 1 aromatic rings. The minimum absolute atomic E-state index is 0.180. The lowest BCUT2D eigenvalue weighted by Crippen LogP contribution is -2.30. The predicted octanol–water partition coefficient (Wildman–Crippen LogP) is 2.74. The van der Waals surface area contributed by atoms with E-state index in [1.54, 1.807) is 0 Å². The molecule has 0 bridgehead atoms. The first-order valence-electron chi connectivity index (χ1n) is 5.51. The summed E-state index contributed by atoms with van der Waals surface area (Å²) >= 11 is 4.86. The molecule has 17 heavy (non-hydrogen) atoms. The SMILES string of the molecule is CN(C(=O)CSc1ccc(Br)cc1N)C1CC1. The Morgan fingerprint density at radius 3 is 2.88 bits per heavy atom. The quantitative estimate of drug-likeness (QED) is 0.686. The molecule has 1 saturated carbocycles. The molecule has 2 rings (SSSR count). The third-order valence-corrected chi connectivity index (χ3v) is 4.38. The fourth-order valence-corrected chi connectivity index (χ4v) is 2.81. The van der Waals surface area contributed by atoms with Crippen molar-refractivity contribution in [3.8, 4) is 0 Å². The molecule has 1 fully saturated rings. The Kier molecular flexibility index (Phi) is 3.99. The molecule has 0 saturated heterocycles. The zero-order chi connectivity index (χ0) is 12.4. The van der Waals surface area contributed by atoms with Crippen LogP contribution in [0.5, 0.6) is 0 Å². The van der Waals surface area contributed by atoms with Gasteiger partial charge in [-0.15, -0.1) is 11.8 Å². The van der Waals surface area contributed by atoms with Gasteiger partial charge in [0.15, 0.2) is 0 Å². The summed E-state index contributed by atoms with van der Waals surface area (Å²) in [4.78, 5) is 14.6. The average molecular weight is 315 g/mol. The Bertz CT molecular complexity index is 435. The molecule has 2 N–H and O–H groups in total. The van der Waals surface area contributed by atoms with Crippen LogP contribution in [0.25, 0.3) is 0 Å². The van der Waals surface area contributed by atoms with Gasteiger partial charge in [-0.05, 0) is 31.0 Å². The molecule has 0 aliphatic heterocycles. The van der Waals surface area contributed by atoms with E-state index in [1.807, 2.05) is 30.1 Å². The molecule has 0 radical (unpaired) electrons. The fraction of sp³-hybridized carbons (Fsp3) is 0.417. The van der Waals surface area contributed by atoms with Gasteiger partial charge in [0.2, 0.25) is 5.91 Å². The minimum Gasteiger partial charge on any atom is -0.398 e. The van der Waals surface area contributed by atoms with Crippen LogP contribution in [0.1, 0.15) is 12.8 Å². The molecule has 1 aliphatic rings. The standard InChI is InChI=1S/C12H15BrN2OS/c1-15(9-3-4-9)12(16)7-17-11-5-2-8(13)6-10(11)14/h2,5-6,9H,3-4,7,14H2,1H3. The first-order chi connectivity index (χ1) is 8.08. The summed E-state index contributed by atoms with van der Waals surface area (Å²) in [5, 5.41) is 0. The van der Waals surface area contributed by atoms with Crippen molar-refractivity contribution < 1.29 is 4.79 Å². The molecular formula is C12H15BrN2OS. The van der Waals surface area contributed by atoms with Gasteiger partial charge in [-0.3, -0.25) is 4.79 Å². The number of anilines is 1. The van der Waals surface area contributed by atoms with Crippen molar-refractivity contribution in [3.05, 3.63) is 22.7 Å². The second-order valence-corrected chi connectivity index (χ2v) is 6.14. The summed E-state index contributed by atoms with van der Waals surface area (Å²) in [6, 6.07) is 6.21. The van der Waals surface area contributed by atoms with Crippen LogP contribution in [0.15, 0.2) is 27.6 Å². The van der Waals surface area contributed by atoms with Crippen LogP contribution in [-0.2, 0) is 4.79 Å². The summed E-state index contributed by atoms with van der Waals surface area (Å²) in [6.07, 6.45) is 2.29. The number of amides is 1. The first kappa shape index (κ1) is 12.8. The van der Waals surface area contributed by atoms with Gasteiger partial charge in [0.25, 0.3) is 0 Å². The molecular weight excluding hydrogens is 300 g/mol. The van der Waals surface area contributed by atoms with Gasteiger partial charge in [0, 0.05) is 28.1 Å². The summed E-state index contributed by atoms with van der Waals surface area (Å²) in [5.41, 5.74) is 6.59. The Morgan fingerprint density at radius 2 is 2.29 bits per heavy atom. The van der Waals surface area contributed by atoms with Gasteiger partial charge >= 0.3 is 0 Å². The summed E-state index contributed by atoms with van der Waals surface area (Å²) in [5.74, 6) is 0.638. The van der Waals surface area contributed by atoms with E-state index in [0.717, 1.165) is 22.2 Å². The number of rotatable bonds is 4. The zero-order valence-electron chi connectivity index (χ0n) is 9.65. The van der Waals surface area contributed by atoms with Crippen molar-refractivity contribution in [3.63, 3.8) is 0 Å². The molecule has 92 valence electrons. The zero-order valence-corrected chi connectivity index (χ0v) is 12.1. The monoisotopic (exact) mass is 314 g/mol. The topological polar surface area (TPSA) is 46.3 Å². The summed E-state index contributed by atoms with van der Waals surface area (Å²) in [6.45, 7) is 0. The lowest BCUT2D eigenvalue weighted by Gasteiger charge is -2.16. The van der Waals surface area contributed by atoms with Gasteiger partial charge in [-0.25, -0.2) is 0 Å². The van der Waals surface area contributed by atoms with Crippen LogP contribution >= 0.6 is 27.7 Å². The lowest BCUT2D eigenvalue weighted by atomic mass is 10.3. The Hall–Kier alpha value is -0.680. The van der Waals surface area contributed by atoms with Crippen molar-refractivity contribution in [1.29, 1.82) is 0 Å². The number of nitrogens with two attached hydrogens (primary N) is 1. The molecule has 1 amide bonds. The van der Waals surface area contributed by atoms with E-state index in [2.05, 4.69) is 15.9 Å². The third kappa shape index (κ3) is 3.39. The number of benzene rings is 1. The van der Waals surface area contributed by atoms with E-state index in [4.69, 9.17) is 5.73 Å². The van der Waals surface area contributed by atoms with Crippen LogP contribution in [0.4, 0.5) is 5.69 Å². The third-order valence-electron chi connectivity index (χ3n) is 2.81. The van der Waals surface area contributed by atoms with E-state index in [1.165, 1.54) is 11.8 Å². The van der Waals surface area contributed by atoms with Crippen LogP contribution in [-0.4, -0.2) is 29.6 Å². The highest BCUT2D eigenvalue weighted by molar-refractivity contribution is 9.10. The van der Waals surface area contributed by atoms with E-state index < -0.39 is 0 Å². The molecule has 0 unspecified atom stereocenters. The predicted molar refractivity (Wildman–Crippen MR) is 75.1 cm³/mol. The van der Waals surface area contributed by atoms with Crippen molar-refractivity contribution in [2.24, 2.45) is 0 Å². The smallest absolute Gasteiger partial charge is 0.232 e. The lowest BCUT2D eigenvalue weighted by molar-refractivity contribution is -0.127. The Balaban J connectivity index is 1.90. The maximum Gasteiger partial charge on any atom is 0.232 e. The number of nitrogens with zero attached hydrogens (tertiary/aromatic N) is 1. The first-order valence-corrected chi connectivity index (χ1v) is 7.29. The van der Waals surface area contributed by atoms with Crippen LogP contribution < -0.4 is 5.73 Å². The van der Waals surface area contributed by atoms with Gasteiger partial charge in [0.05, 0.1) is 5.75 Å². The van der Waals surface area contributed by atoms with E-state index >= 15 is 0 Å². The van der Waals surface area contributed by atoms with E-state index in [-0.39, 0.29) is 5.91 Å². The molecule has 3 nitrogen and oxygen atoms in total. The molecule has 0 atom stereocenters. The van der Waals surface area contributed by atoms with Gasteiger partial charge in [0.1, 0.15) is 0 Å². The number of halogens is 1. The van der Waals surface area contributed by atoms with Gasteiger partial charge in [-0.1, -0.05) is 15.9 Å². The maximum atomic E-state index is 11.8. The Labute approximate surface area is 114 Å². The van der Waals surface area contributed by atoms with Gasteiger partial charge < -0.3 is 10.6 Å². The molecule has 0 spiro atoms. The highest BCUT2D eigenvalue weighted by atomic mass is 79.9. The van der Waals surface area contributed by atoms with Crippen LogP contribution in [0.3, 0.4) is 0 Å². The van der Waals surface area contributed by atoms with Crippen LogP contribution in [0, 0.1) is 0 Å². The number of thioether (sulfide) groups is 1. The van der Waals surface area contributed by atoms with Crippen molar-refractivity contribution >= 4 is 39.3 Å². The second kappa shape index (κ2) is 5.31. The molecule has 1 aromatic carbocycles. The molecule has 0 heterocycles. The van der Waals surface area contributed by atoms with Gasteiger partial charge in [-0.2, -0.15) is 0 Å². The Morgan fingerprint density at radius 1 is 1.59 bits per heavy atom. The molecule has 1 aliphatic carbocycles. The minimum atomic E-state index is 0.180. The van der Waals surface area contributed by atoms with Crippen molar-refractivity contribution in [2.75, 3.05) is 18.5 Å². The summed E-state index contributed by atoms with van der Waals surface area (Å²) < 4.78 is 0.959. The fourth-order valence-electron chi connectivity index (χ4n) is 1.56. The largest absolute Gasteiger partial charge is 0.398 e. The van der Waals surface area contributed by atoms with Crippen LogP contribution in [0.2, 0.25) is 0 Å². The number of nitrogen functional groups attached to an aromatic ring is 1. The molecule has 0 aromatic heterocycles. The summed E-state index contributed by atoms with van der Waals surface area (Å²) in [7, 11) is 1.88. The normalized spacial score (nSPS) is 14.7. The number of carbonyl (C=O) groups excluding carboxylic acids is 1. The number of hydrogen-bond donors (Lipinski definition) is 1. The van der Waals surface area contributed by atoms with E-state index in [0.29, 0.717) is 17.5 Å². The van der Waals surface area contributed by atoms with E-state index in [9.17, 15) is 4.79 Å². The van der Waals surface area contributed by atoms with Crippen molar-refractivity contribution in [1.82, 2.24) is 4.90 Å². The average Bonchev–Trinajstić information content (AvgIpc) is 3.10. The number of carbonyl (C=O) groups is 1. The second-order valence-electron chi connectivity index (χ2n) is 4.21. The highest BCUT2D eigenvalue weighted by Gasteiger charge is 2.29. The number of hydrogen-bond acceptors (Lipinski definition) is 3.